The van der Waals surface area contributed by atoms with Gasteiger partial charge in [-0.15, -0.1) is 0 Å². The molecule has 0 bridgehead atoms. The van der Waals surface area contributed by atoms with Gasteiger partial charge in [0, 0.05) is 0 Å². The van der Waals surface area contributed by atoms with Crippen LogP contribution in [0.5, 0.6) is 17.2 Å². The number of benzene rings is 3. The zero-order valence-electron chi connectivity index (χ0n) is 13.0. The van der Waals surface area contributed by atoms with Crippen LogP contribution in [-0.4, -0.2) is 7.11 Å². The molecule has 0 spiro atoms. The van der Waals surface area contributed by atoms with E-state index in [1.165, 1.54) is 43.5 Å². The maximum absolute atomic E-state index is 14.4. The molecule has 0 fully saturated rings. The topological polar surface area (TPSA) is 18.5 Å². The number of hydrogen-bond acceptors (Lipinski definition) is 2. The molecular weight excluding hydrogens is 336 g/mol. The van der Waals surface area contributed by atoms with Crippen LogP contribution in [0.25, 0.3) is 11.1 Å². The Hall–Kier alpha value is -3.02. The van der Waals surface area contributed by atoms with E-state index in [0.717, 1.165) is 0 Å². The van der Waals surface area contributed by atoms with E-state index in [-0.39, 0.29) is 11.3 Å². The average Bonchev–Trinajstić information content (AvgIpc) is 2.65. The Kier molecular flexibility index (Phi) is 4.61. The van der Waals surface area contributed by atoms with Crippen molar-refractivity contribution in [2.75, 3.05) is 7.11 Å². The Labute approximate surface area is 141 Å². The molecule has 0 aliphatic rings. The molecule has 0 N–H and O–H groups in total. The molecular formula is C19H12F4O2. The summed E-state index contributed by atoms with van der Waals surface area (Å²) in [5.41, 5.74) is -0.835. The quantitative estimate of drug-likeness (QED) is 0.444. The number of rotatable bonds is 4. The first-order valence-corrected chi connectivity index (χ1v) is 7.26. The van der Waals surface area contributed by atoms with Gasteiger partial charge in [0.1, 0.15) is 11.5 Å². The van der Waals surface area contributed by atoms with Gasteiger partial charge in [-0.1, -0.05) is 30.3 Å². The van der Waals surface area contributed by atoms with Gasteiger partial charge in [0.25, 0.3) is 0 Å². The van der Waals surface area contributed by atoms with Crippen molar-refractivity contribution in [3.63, 3.8) is 0 Å². The van der Waals surface area contributed by atoms with Gasteiger partial charge in [-0.2, -0.15) is 8.78 Å². The summed E-state index contributed by atoms with van der Waals surface area (Å²) in [6, 6.07) is 13.1. The summed E-state index contributed by atoms with van der Waals surface area (Å²) in [4.78, 5) is 0. The number of para-hydroxylation sites is 1. The summed E-state index contributed by atoms with van der Waals surface area (Å²) in [5.74, 6) is -6.91. The maximum atomic E-state index is 14.4. The van der Waals surface area contributed by atoms with Crippen LogP contribution in [0.1, 0.15) is 0 Å². The molecule has 3 aromatic carbocycles. The fraction of sp³-hybridized carbons (Fsp3) is 0.0526. The highest BCUT2D eigenvalue weighted by molar-refractivity contribution is 5.67. The summed E-state index contributed by atoms with van der Waals surface area (Å²) < 4.78 is 67.3. The second kappa shape index (κ2) is 6.84. The van der Waals surface area contributed by atoms with Crippen molar-refractivity contribution < 1.29 is 27.0 Å². The molecule has 0 unspecified atom stereocenters. The Morgan fingerprint density at radius 1 is 0.640 bits per heavy atom. The molecule has 128 valence electrons. The molecule has 0 saturated heterocycles. The standard InChI is InChI=1S/C19H12F4O2/c1-24-12-9-7-11(8-10-12)14-15(20)17(22)19(18(23)16(14)21)25-13-5-3-2-4-6-13/h2-10H,1H3. The predicted octanol–water partition coefficient (Wildman–Crippen LogP) is 5.71. The van der Waals surface area contributed by atoms with Gasteiger partial charge in [0.05, 0.1) is 12.7 Å². The number of ether oxygens (including phenoxy) is 2. The highest BCUT2D eigenvalue weighted by atomic mass is 19.2. The molecule has 0 amide bonds. The molecule has 25 heavy (non-hydrogen) atoms. The maximum Gasteiger partial charge on any atom is 0.205 e. The van der Waals surface area contributed by atoms with E-state index >= 15 is 0 Å². The number of halogens is 4. The Bertz CT molecular complexity index is 865. The lowest BCUT2D eigenvalue weighted by atomic mass is 10.0. The summed E-state index contributed by atoms with van der Waals surface area (Å²) in [6.45, 7) is 0. The van der Waals surface area contributed by atoms with Crippen LogP contribution in [0.3, 0.4) is 0 Å². The second-order valence-electron chi connectivity index (χ2n) is 5.10. The summed E-state index contributed by atoms with van der Waals surface area (Å²) >= 11 is 0. The molecule has 0 aromatic heterocycles. The first-order chi connectivity index (χ1) is 12.0. The van der Waals surface area contributed by atoms with E-state index in [2.05, 4.69) is 0 Å². The van der Waals surface area contributed by atoms with Crippen LogP contribution in [0.2, 0.25) is 0 Å². The third kappa shape index (κ3) is 3.15. The first-order valence-electron chi connectivity index (χ1n) is 7.26. The van der Waals surface area contributed by atoms with Crippen molar-refractivity contribution in [3.05, 3.63) is 77.9 Å². The monoisotopic (exact) mass is 348 g/mol. The Balaban J connectivity index is 2.10. The SMILES string of the molecule is COc1ccc(-c2c(F)c(F)c(Oc3ccccc3)c(F)c2F)cc1. The zero-order chi connectivity index (χ0) is 18.0. The van der Waals surface area contributed by atoms with E-state index in [1.807, 2.05) is 0 Å². The molecule has 0 heterocycles. The Morgan fingerprint density at radius 2 is 1.20 bits per heavy atom. The van der Waals surface area contributed by atoms with Gasteiger partial charge < -0.3 is 9.47 Å². The fourth-order valence-corrected chi connectivity index (χ4v) is 2.32. The van der Waals surface area contributed by atoms with Crippen molar-refractivity contribution in [1.82, 2.24) is 0 Å². The first kappa shape index (κ1) is 16.8. The molecule has 2 nitrogen and oxygen atoms in total. The van der Waals surface area contributed by atoms with E-state index in [1.54, 1.807) is 18.2 Å². The fourth-order valence-electron chi connectivity index (χ4n) is 2.32. The van der Waals surface area contributed by atoms with Gasteiger partial charge in [0.15, 0.2) is 11.6 Å². The van der Waals surface area contributed by atoms with Gasteiger partial charge in [0.2, 0.25) is 17.4 Å². The summed E-state index contributed by atoms with van der Waals surface area (Å²) in [7, 11) is 1.42. The van der Waals surface area contributed by atoms with Crippen molar-refractivity contribution in [2.24, 2.45) is 0 Å². The molecule has 0 aliphatic heterocycles. The molecule has 0 saturated carbocycles. The van der Waals surface area contributed by atoms with Crippen molar-refractivity contribution in [1.29, 1.82) is 0 Å². The van der Waals surface area contributed by atoms with E-state index < -0.39 is 34.6 Å². The minimum Gasteiger partial charge on any atom is -0.497 e. The van der Waals surface area contributed by atoms with Crippen molar-refractivity contribution >= 4 is 0 Å². The molecule has 3 aromatic rings. The third-order valence-corrected chi connectivity index (χ3v) is 3.56. The van der Waals surface area contributed by atoms with E-state index in [4.69, 9.17) is 9.47 Å². The third-order valence-electron chi connectivity index (χ3n) is 3.56. The predicted molar refractivity (Wildman–Crippen MR) is 84.8 cm³/mol. The summed E-state index contributed by atoms with van der Waals surface area (Å²) in [6.07, 6.45) is 0. The minimum absolute atomic E-state index is 0.0279. The highest BCUT2D eigenvalue weighted by Crippen LogP contribution is 2.38. The lowest BCUT2D eigenvalue weighted by Gasteiger charge is -2.13. The molecule has 3 rings (SSSR count). The van der Waals surface area contributed by atoms with E-state index in [0.29, 0.717) is 5.75 Å². The number of hydrogen-bond donors (Lipinski definition) is 0. The number of methoxy groups -OCH3 is 1. The average molecular weight is 348 g/mol. The lowest BCUT2D eigenvalue weighted by molar-refractivity contribution is 0.368. The van der Waals surface area contributed by atoms with Crippen LogP contribution in [0, 0.1) is 23.3 Å². The lowest BCUT2D eigenvalue weighted by Crippen LogP contribution is -2.03. The largest absolute Gasteiger partial charge is 0.497 e. The van der Waals surface area contributed by atoms with Crippen LogP contribution in [0.4, 0.5) is 17.6 Å². The molecule has 6 heteroatoms. The van der Waals surface area contributed by atoms with E-state index in [9.17, 15) is 17.6 Å². The highest BCUT2D eigenvalue weighted by Gasteiger charge is 2.28. The molecule has 0 atom stereocenters. The van der Waals surface area contributed by atoms with Crippen LogP contribution >= 0.6 is 0 Å². The smallest absolute Gasteiger partial charge is 0.205 e. The van der Waals surface area contributed by atoms with Crippen molar-refractivity contribution in [3.8, 4) is 28.4 Å². The second-order valence-corrected chi connectivity index (χ2v) is 5.10. The van der Waals surface area contributed by atoms with Crippen molar-refractivity contribution in [2.45, 2.75) is 0 Å². The normalized spacial score (nSPS) is 10.6. The van der Waals surface area contributed by atoms with Crippen LogP contribution in [0.15, 0.2) is 54.6 Å². The van der Waals surface area contributed by atoms with Crippen LogP contribution < -0.4 is 9.47 Å². The van der Waals surface area contributed by atoms with Gasteiger partial charge in [-0.3, -0.25) is 0 Å². The van der Waals surface area contributed by atoms with Crippen LogP contribution in [-0.2, 0) is 0 Å². The molecule has 0 radical (unpaired) electrons. The minimum atomic E-state index is -1.60. The molecule has 0 aliphatic carbocycles. The van der Waals surface area contributed by atoms with Gasteiger partial charge in [-0.05, 0) is 29.8 Å². The van der Waals surface area contributed by atoms with Gasteiger partial charge in [-0.25, -0.2) is 8.78 Å². The summed E-state index contributed by atoms with van der Waals surface area (Å²) in [5, 5.41) is 0. The Morgan fingerprint density at radius 3 is 1.72 bits per heavy atom. The zero-order valence-corrected chi connectivity index (χ0v) is 13.0. The van der Waals surface area contributed by atoms with Gasteiger partial charge >= 0.3 is 0 Å².